The molecule has 1 nitrogen and oxygen atoms in total. The van der Waals surface area contributed by atoms with E-state index >= 15 is 0 Å². The molecule has 1 aliphatic rings. The molecule has 1 N–H and O–H groups in total. The van der Waals surface area contributed by atoms with E-state index in [-0.39, 0.29) is 0 Å². The summed E-state index contributed by atoms with van der Waals surface area (Å²) in [4.78, 5) is 0. The quantitative estimate of drug-likeness (QED) is 0.832. The molecule has 0 spiro atoms. The van der Waals surface area contributed by atoms with Crippen molar-refractivity contribution < 1.29 is 0 Å². The van der Waals surface area contributed by atoms with Crippen LogP contribution in [0.1, 0.15) is 18.4 Å². The molecule has 0 bridgehead atoms. The number of benzene rings is 1. The van der Waals surface area contributed by atoms with Crippen molar-refractivity contribution in [3.63, 3.8) is 0 Å². The molecule has 1 atom stereocenters. The summed E-state index contributed by atoms with van der Waals surface area (Å²) in [6.45, 7) is 1.11. The Morgan fingerprint density at radius 3 is 2.93 bits per heavy atom. The molecular weight excluding hydrogens is 229 g/mol. The molecule has 0 amide bonds. The summed E-state index contributed by atoms with van der Waals surface area (Å²) < 4.78 is 0. The van der Waals surface area contributed by atoms with E-state index in [1.54, 1.807) is 6.07 Å². The van der Waals surface area contributed by atoms with Gasteiger partial charge >= 0.3 is 0 Å². The van der Waals surface area contributed by atoms with Crippen molar-refractivity contribution in [3.05, 3.63) is 39.9 Å². The van der Waals surface area contributed by atoms with Gasteiger partial charge in [0.1, 0.15) is 0 Å². The zero-order valence-corrected chi connectivity index (χ0v) is 9.85. The van der Waals surface area contributed by atoms with Crippen LogP contribution in [0.4, 0.5) is 0 Å². The molecule has 15 heavy (non-hydrogen) atoms. The van der Waals surface area contributed by atoms with E-state index in [0.717, 1.165) is 12.1 Å². The molecule has 0 aromatic heterocycles. The number of nitrogens with one attached hydrogen (secondary N) is 1. The highest BCUT2D eigenvalue weighted by Gasteiger charge is 2.10. The van der Waals surface area contributed by atoms with E-state index in [1.807, 2.05) is 18.2 Å². The summed E-state index contributed by atoms with van der Waals surface area (Å²) in [7, 11) is 0. The average Bonchev–Trinajstić information content (AvgIpc) is 2.73. The molecule has 0 radical (unpaired) electrons. The van der Waals surface area contributed by atoms with E-state index in [2.05, 4.69) is 11.4 Å². The second-order valence-corrected chi connectivity index (χ2v) is 4.49. The first-order valence-corrected chi connectivity index (χ1v) is 5.88. The standard InChI is InChI=1S/C12H13Cl2N/c13-11-5-1-3-9(12(11)14)6-7-10-4-2-8-15-10/h1,3,5-7,10,15H,2,4,8H2/b7-6+. The van der Waals surface area contributed by atoms with Crippen LogP contribution in [0, 0.1) is 0 Å². The summed E-state index contributed by atoms with van der Waals surface area (Å²) in [5.74, 6) is 0. The number of rotatable bonds is 2. The predicted molar refractivity (Wildman–Crippen MR) is 66.5 cm³/mol. The molecule has 0 saturated carbocycles. The van der Waals surface area contributed by atoms with Gasteiger partial charge in [0.15, 0.2) is 0 Å². The molecule has 3 heteroatoms. The van der Waals surface area contributed by atoms with Gasteiger partial charge in [-0.25, -0.2) is 0 Å². The van der Waals surface area contributed by atoms with Crippen molar-refractivity contribution in [1.82, 2.24) is 5.32 Å². The maximum absolute atomic E-state index is 6.08. The van der Waals surface area contributed by atoms with Gasteiger partial charge in [-0.1, -0.05) is 47.5 Å². The van der Waals surface area contributed by atoms with Crippen LogP contribution in [0.25, 0.3) is 6.08 Å². The highest BCUT2D eigenvalue weighted by Crippen LogP contribution is 2.26. The Morgan fingerprint density at radius 2 is 2.20 bits per heavy atom. The lowest BCUT2D eigenvalue weighted by molar-refractivity contribution is 0.730. The molecule has 1 aliphatic heterocycles. The van der Waals surface area contributed by atoms with Gasteiger partial charge in [-0.2, -0.15) is 0 Å². The molecular formula is C12H13Cl2N. The zero-order valence-electron chi connectivity index (χ0n) is 8.34. The molecule has 1 aromatic rings. The van der Waals surface area contributed by atoms with Gasteiger partial charge in [0.25, 0.3) is 0 Å². The van der Waals surface area contributed by atoms with Crippen LogP contribution in [0.15, 0.2) is 24.3 Å². The van der Waals surface area contributed by atoms with Gasteiger partial charge in [-0.15, -0.1) is 0 Å². The van der Waals surface area contributed by atoms with Crippen LogP contribution < -0.4 is 5.32 Å². The van der Waals surface area contributed by atoms with Gasteiger partial charge in [0, 0.05) is 6.04 Å². The van der Waals surface area contributed by atoms with Crippen LogP contribution in [-0.2, 0) is 0 Å². The van der Waals surface area contributed by atoms with Crippen molar-refractivity contribution in [1.29, 1.82) is 0 Å². The predicted octanol–water partition coefficient (Wildman–Crippen LogP) is 3.76. The lowest BCUT2D eigenvalue weighted by Crippen LogP contribution is -2.17. The Kier molecular flexibility index (Phi) is 3.68. The molecule has 0 aliphatic carbocycles. The minimum Gasteiger partial charge on any atom is -0.311 e. The normalized spacial score (nSPS) is 21.3. The molecule has 1 fully saturated rings. The second kappa shape index (κ2) is 5.02. The number of hydrogen-bond acceptors (Lipinski definition) is 1. The molecule has 1 saturated heterocycles. The fourth-order valence-corrected chi connectivity index (χ4v) is 2.12. The molecule has 1 unspecified atom stereocenters. The summed E-state index contributed by atoms with van der Waals surface area (Å²) in [5, 5.41) is 4.64. The number of hydrogen-bond donors (Lipinski definition) is 1. The third-order valence-corrected chi connectivity index (χ3v) is 3.42. The van der Waals surface area contributed by atoms with Gasteiger partial charge in [-0.3, -0.25) is 0 Å². The van der Waals surface area contributed by atoms with Crippen molar-refractivity contribution >= 4 is 29.3 Å². The van der Waals surface area contributed by atoms with Crippen molar-refractivity contribution in [3.8, 4) is 0 Å². The lowest BCUT2D eigenvalue weighted by Gasteiger charge is -2.04. The van der Waals surface area contributed by atoms with Gasteiger partial charge in [0.2, 0.25) is 0 Å². The van der Waals surface area contributed by atoms with Gasteiger partial charge in [-0.05, 0) is 31.0 Å². The summed E-state index contributed by atoms with van der Waals surface area (Å²) in [6.07, 6.45) is 6.65. The Morgan fingerprint density at radius 1 is 1.33 bits per heavy atom. The van der Waals surface area contributed by atoms with Crippen molar-refractivity contribution in [2.75, 3.05) is 6.54 Å². The van der Waals surface area contributed by atoms with Crippen molar-refractivity contribution in [2.24, 2.45) is 0 Å². The van der Waals surface area contributed by atoms with Crippen molar-refractivity contribution in [2.45, 2.75) is 18.9 Å². The maximum Gasteiger partial charge on any atom is 0.0664 e. The third-order valence-electron chi connectivity index (χ3n) is 2.59. The Hall–Kier alpha value is -0.500. The van der Waals surface area contributed by atoms with E-state index in [1.165, 1.54) is 12.8 Å². The molecule has 1 heterocycles. The summed E-state index contributed by atoms with van der Waals surface area (Å²) >= 11 is 12.0. The highest BCUT2D eigenvalue weighted by molar-refractivity contribution is 6.42. The van der Waals surface area contributed by atoms with Crippen LogP contribution in [0.2, 0.25) is 10.0 Å². The minimum atomic E-state index is 0.486. The number of halogens is 2. The summed E-state index contributed by atoms with van der Waals surface area (Å²) in [5.41, 5.74) is 0.984. The van der Waals surface area contributed by atoms with E-state index in [4.69, 9.17) is 23.2 Å². The average molecular weight is 242 g/mol. The SMILES string of the molecule is Clc1cccc(/C=C/C2CCCN2)c1Cl. The molecule has 80 valence electrons. The van der Waals surface area contributed by atoms with Crippen LogP contribution in [-0.4, -0.2) is 12.6 Å². The molecule has 1 aromatic carbocycles. The monoisotopic (exact) mass is 241 g/mol. The minimum absolute atomic E-state index is 0.486. The highest BCUT2D eigenvalue weighted by atomic mass is 35.5. The Labute approximate surface area is 100 Å². The smallest absolute Gasteiger partial charge is 0.0664 e. The van der Waals surface area contributed by atoms with E-state index in [9.17, 15) is 0 Å². The fourth-order valence-electron chi connectivity index (χ4n) is 1.74. The molecule has 2 rings (SSSR count). The first-order valence-electron chi connectivity index (χ1n) is 5.13. The second-order valence-electron chi connectivity index (χ2n) is 3.71. The summed E-state index contributed by atoms with van der Waals surface area (Å²) in [6, 6.07) is 6.17. The topological polar surface area (TPSA) is 12.0 Å². The van der Waals surface area contributed by atoms with Gasteiger partial charge in [0.05, 0.1) is 10.0 Å². The lowest BCUT2D eigenvalue weighted by atomic mass is 10.1. The Bertz CT molecular complexity index is 368. The van der Waals surface area contributed by atoms with Crippen LogP contribution in [0.3, 0.4) is 0 Å². The maximum atomic E-state index is 6.08. The largest absolute Gasteiger partial charge is 0.311 e. The first-order chi connectivity index (χ1) is 7.27. The van der Waals surface area contributed by atoms with Crippen LogP contribution in [0.5, 0.6) is 0 Å². The zero-order chi connectivity index (χ0) is 10.7. The van der Waals surface area contributed by atoms with Gasteiger partial charge < -0.3 is 5.32 Å². The van der Waals surface area contributed by atoms with E-state index < -0.39 is 0 Å². The van der Waals surface area contributed by atoms with Crippen LogP contribution >= 0.6 is 23.2 Å². The van der Waals surface area contributed by atoms with E-state index in [0.29, 0.717) is 16.1 Å². The Balaban J connectivity index is 2.12. The first kappa shape index (κ1) is 11.0. The fraction of sp³-hybridized carbons (Fsp3) is 0.333. The third kappa shape index (κ3) is 2.75.